The van der Waals surface area contributed by atoms with Gasteiger partial charge in [0, 0.05) is 31.9 Å². The summed E-state index contributed by atoms with van der Waals surface area (Å²) in [6.45, 7) is 7.70. The first-order chi connectivity index (χ1) is 11.9. The Morgan fingerprint density at radius 2 is 1.88 bits per heavy atom. The fraction of sp³-hybridized carbons (Fsp3) is 0.579. The third kappa shape index (κ3) is 6.64. The first kappa shape index (κ1) is 19.1. The summed E-state index contributed by atoms with van der Waals surface area (Å²) in [4.78, 5) is 18.4. The van der Waals surface area contributed by atoms with Crippen LogP contribution in [0.25, 0.3) is 0 Å². The summed E-state index contributed by atoms with van der Waals surface area (Å²) in [6, 6.07) is 10.8. The third-order valence-corrected chi connectivity index (χ3v) is 4.00. The summed E-state index contributed by atoms with van der Waals surface area (Å²) in [5, 5.41) is 6.43. The van der Waals surface area contributed by atoms with Crippen LogP contribution in [0.3, 0.4) is 0 Å². The maximum atomic E-state index is 11.8. The molecule has 6 nitrogen and oxygen atoms in total. The van der Waals surface area contributed by atoms with E-state index >= 15 is 0 Å². The Hall–Kier alpha value is -2.24. The van der Waals surface area contributed by atoms with E-state index in [-0.39, 0.29) is 12.5 Å². The number of nitrogens with one attached hydrogen (secondary N) is 2. The zero-order chi connectivity index (χ0) is 18.3. The minimum atomic E-state index is -0.472. The second kappa shape index (κ2) is 8.74. The van der Waals surface area contributed by atoms with Gasteiger partial charge in [0.25, 0.3) is 0 Å². The maximum absolute atomic E-state index is 11.8. The number of hydrogen-bond donors (Lipinski definition) is 2. The molecule has 0 atom stereocenters. The molecule has 1 saturated heterocycles. The van der Waals surface area contributed by atoms with Crippen molar-refractivity contribution in [1.82, 2.24) is 10.6 Å². The number of carbonyl (C=O) groups is 1. The van der Waals surface area contributed by atoms with Crippen molar-refractivity contribution >= 4 is 17.6 Å². The van der Waals surface area contributed by atoms with Crippen LogP contribution in [0.5, 0.6) is 0 Å². The topological polar surface area (TPSA) is 66.0 Å². The fourth-order valence-electron chi connectivity index (χ4n) is 2.84. The van der Waals surface area contributed by atoms with Gasteiger partial charge in [-0.05, 0) is 45.7 Å². The number of para-hydroxylation sites is 1. The number of carbonyl (C=O) groups excluding carboxylic acids is 1. The van der Waals surface area contributed by atoms with Gasteiger partial charge in [-0.1, -0.05) is 18.2 Å². The number of hydrogen-bond acceptors (Lipinski definition) is 4. The molecule has 2 N–H and O–H groups in total. The first-order valence-corrected chi connectivity index (χ1v) is 8.86. The molecule has 0 aliphatic carbocycles. The van der Waals surface area contributed by atoms with Gasteiger partial charge >= 0.3 is 5.97 Å². The van der Waals surface area contributed by atoms with Crippen LogP contribution in [0, 0.1) is 0 Å². The molecule has 1 aliphatic rings. The van der Waals surface area contributed by atoms with Crippen molar-refractivity contribution in [2.75, 3.05) is 31.6 Å². The third-order valence-electron chi connectivity index (χ3n) is 4.00. The van der Waals surface area contributed by atoms with E-state index < -0.39 is 5.60 Å². The number of guanidine groups is 1. The Morgan fingerprint density at radius 3 is 2.44 bits per heavy atom. The van der Waals surface area contributed by atoms with Crippen molar-refractivity contribution in [3.05, 3.63) is 30.3 Å². The van der Waals surface area contributed by atoms with Crippen LogP contribution in [0.2, 0.25) is 0 Å². The van der Waals surface area contributed by atoms with E-state index in [2.05, 4.69) is 44.8 Å². The predicted molar refractivity (Wildman–Crippen MR) is 102 cm³/mol. The largest absolute Gasteiger partial charge is 0.459 e. The normalized spacial score (nSPS) is 16.5. The molecular weight excluding hydrogens is 316 g/mol. The molecule has 0 saturated carbocycles. The van der Waals surface area contributed by atoms with Gasteiger partial charge in [-0.2, -0.15) is 0 Å². The number of nitrogens with zero attached hydrogens (tertiary/aromatic N) is 2. The number of aliphatic imine (C=N–C) groups is 1. The fourth-order valence-corrected chi connectivity index (χ4v) is 2.84. The molecule has 138 valence electrons. The molecule has 0 bridgehead atoms. The minimum Gasteiger partial charge on any atom is -0.459 e. The molecule has 0 unspecified atom stereocenters. The van der Waals surface area contributed by atoms with Crippen LogP contribution in [0.4, 0.5) is 5.69 Å². The summed E-state index contributed by atoms with van der Waals surface area (Å²) >= 11 is 0. The average molecular weight is 346 g/mol. The average Bonchev–Trinajstić information content (AvgIpc) is 2.58. The van der Waals surface area contributed by atoms with Gasteiger partial charge in [0.1, 0.15) is 12.1 Å². The van der Waals surface area contributed by atoms with E-state index in [0.717, 1.165) is 25.9 Å². The number of benzene rings is 1. The van der Waals surface area contributed by atoms with Crippen LogP contribution in [0.15, 0.2) is 35.3 Å². The number of rotatable bonds is 4. The quantitative estimate of drug-likeness (QED) is 0.497. The Labute approximate surface area is 150 Å². The number of esters is 1. The zero-order valence-electron chi connectivity index (χ0n) is 15.7. The van der Waals surface area contributed by atoms with Gasteiger partial charge in [0.2, 0.25) is 0 Å². The Balaban J connectivity index is 1.75. The van der Waals surface area contributed by atoms with Gasteiger partial charge in [0.15, 0.2) is 5.96 Å². The van der Waals surface area contributed by atoms with E-state index in [4.69, 9.17) is 4.74 Å². The lowest BCUT2D eigenvalue weighted by Gasteiger charge is -2.34. The van der Waals surface area contributed by atoms with Crippen molar-refractivity contribution in [2.24, 2.45) is 4.99 Å². The minimum absolute atomic E-state index is 0.111. The van der Waals surface area contributed by atoms with Crippen molar-refractivity contribution in [3.63, 3.8) is 0 Å². The monoisotopic (exact) mass is 346 g/mol. The molecule has 0 amide bonds. The van der Waals surface area contributed by atoms with E-state index in [0.29, 0.717) is 12.0 Å². The highest BCUT2D eigenvalue weighted by Crippen LogP contribution is 2.19. The molecule has 0 spiro atoms. The SMILES string of the molecule is CN=C(NCC(=O)OC(C)(C)C)NC1CCN(c2ccccc2)CC1. The highest BCUT2D eigenvalue weighted by Gasteiger charge is 2.21. The maximum Gasteiger partial charge on any atom is 0.325 e. The smallest absolute Gasteiger partial charge is 0.325 e. The Morgan fingerprint density at radius 1 is 1.24 bits per heavy atom. The van der Waals surface area contributed by atoms with Crippen molar-refractivity contribution in [1.29, 1.82) is 0 Å². The summed E-state index contributed by atoms with van der Waals surface area (Å²) < 4.78 is 5.29. The number of piperidine rings is 1. The van der Waals surface area contributed by atoms with Crippen LogP contribution < -0.4 is 15.5 Å². The van der Waals surface area contributed by atoms with E-state index in [9.17, 15) is 4.79 Å². The Bertz CT molecular complexity index is 573. The van der Waals surface area contributed by atoms with Crippen LogP contribution in [0.1, 0.15) is 33.6 Å². The lowest BCUT2D eigenvalue weighted by atomic mass is 10.0. The van der Waals surface area contributed by atoms with Crippen molar-refractivity contribution in [2.45, 2.75) is 45.3 Å². The van der Waals surface area contributed by atoms with E-state index in [1.54, 1.807) is 7.05 Å². The van der Waals surface area contributed by atoms with Crippen molar-refractivity contribution < 1.29 is 9.53 Å². The first-order valence-electron chi connectivity index (χ1n) is 8.86. The molecule has 0 aromatic heterocycles. The van der Waals surface area contributed by atoms with E-state index in [1.807, 2.05) is 26.8 Å². The van der Waals surface area contributed by atoms with Gasteiger partial charge in [0.05, 0.1) is 0 Å². The number of anilines is 1. The van der Waals surface area contributed by atoms with E-state index in [1.165, 1.54) is 5.69 Å². The molecule has 25 heavy (non-hydrogen) atoms. The highest BCUT2D eigenvalue weighted by molar-refractivity contribution is 5.84. The second-order valence-electron chi connectivity index (χ2n) is 7.25. The van der Waals surface area contributed by atoms with Gasteiger partial charge < -0.3 is 20.3 Å². The van der Waals surface area contributed by atoms with Crippen LogP contribution >= 0.6 is 0 Å². The van der Waals surface area contributed by atoms with Gasteiger partial charge in [-0.15, -0.1) is 0 Å². The summed E-state index contributed by atoms with van der Waals surface area (Å²) in [7, 11) is 1.71. The molecule has 2 rings (SSSR count). The molecule has 1 heterocycles. The molecule has 1 aromatic carbocycles. The molecule has 1 aliphatic heterocycles. The van der Waals surface area contributed by atoms with Crippen molar-refractivity contribution in [3.8, 4) is 0 Å². The lowest BCUT2D eigenvalue weighted by Crippen LogP contribution is -2.49. The van der Waals surface area contributed by atoms with Crippen LogP contribution in [-0.4, -0.2) is 50.3 Å². The standard InChI is InChI=1S/C19H30N4O2/c1-19(2,3)25-17(24)14-21-18(20-4)22-15-10-12-23(13-11-15)16-8-6-5-7-9-16/h5-9,15H,10-14H2,1-4H3,(H2,20,21,22). The molecule has 1 fully saturated rings. The molecule has 1 aromatic rings. The second-order valence-corrected chi connectivity index (χ2v) is 7.25. The van der Waals surface area contributed by atoms with Crippen LogP contribution in [-0.2, 0) is 9.53 Å². The summed E-state index contributed by atoms with van der Waals surface area (Å²) in [5.41, 5.74) is 0.799. The number of ether oxygens (including phenoxy) is 1. The highest BCUT2D eigenvalue weighted by atomic mass is 16.6. The summed E-state index contributed by atoms with van der Waals surface area (Å²) in [6.07, 6.45) is 2.06. The zero-order valence-corrected chi connectivity index (χ0v) is 15.7. The molecule has 6 heteroatoms. The van der Waals surface area contributed by atoms with Gasteiger partial charge in [-0.25, -0.2) is 0 Å². The van der Waals surface area contributed by atoms with Gasteiger partial charge in [-0.3, -0.25) is 9.79 Å². The Kier molecular flexibility index (Phi) is 6.67. The molecular formula is C19H30N4O2. The summed E-state index contributed by atoms with van der Waals surface area (Å²) in [5.74, 6) is 0.360. The molecule has 0 radical (unpaired) electrons. The predicted octanol–water partition coefficient (Wildman–Crippen LogP) is 2.16. The lowest BCUT2D eigenvalue weighted by molar-refractivity contribution is -0.153.